The number of aromatic hydroxyl groups is 1. The van der Waals surface area contributed by atoms with Gasteiger partial charge in [-0.15, -0.1) is 15.0 Å². The van der Waals surface area contributed by atoms with E-state index in [-0.39, 0.29) is 12.4 Å². The van der Waals surface area contributed by atoms with Crippen molar-refractivity contribution in [3.8, 4) is 17.2 Å². The zero-order valence-electron chi connectivity index (χ0n) is 15.4. The number of fused-ring (bicyclic) bond motifs is 2. The van der Waals surface area contributed by atoms with Crippen LogP contribution in [0.5, 0.6) is 11.5 Å². The number of hydrogen-bond acceptors (Lipinski definition) is 6. The molecule has 1 heterocycles. The molecule has 0 amide bonds. The third-order valence-corrected chi connectivity index (χ3v) is 5.27. The Labute approximate surface area is 171 Å². The molecule has 1 aromatic heterocycles. The van der Waals surface area contributed by atoms with Gasteiger partial charge in [0, 0.05) is 11.5 Å². The second-order valence-corrected chi connectivity index (χ2v) is 7.53. The summed E-state index contributed by atoms with van der Waals surface area (Å²) in [5.41, 5.74) is 2.18. The number of aliphatic hydroxyl groups is 1. The van der Waals surface area contributed by atoms with Crippen molar-refractivity contribution in [3.63, 3.8) is 0 Å². The SMILES string of the molecule is [C-]#[N+]c1ccc2nn(-c3cc4cc(OCCSCCO)ccc4cc3O)nc2c1. The predicted octanol–water partition coefficient (Wildman–Crippen LogP) is 3.93. The van der Waals surface area contributed by atoms with E-state index in [1.807, 2.05) is 24.3 Å². The van der Waals surface area contributed by atoms with E-state index >= 15 is 0 Å². The van der Waals surface area contributed by atoms with E-state index in [0.29, 0.717) is 34.8 Å². The first-order chi connectivity index (χ1) is 14.2. The molecule has 7 nitrogen and oxygen atoms in total. The van der Waals surface area contributed by atoms with E-state index in [4.69, 9.17) is 16.4 Å². The Morgan fingerprint density at radius 3 is 2.69 bits per heavy atom. The van der Waals surface area contributed by atoms with Crippen molar-refractivity contribution >= 4 is 39.3 Å². The third kappa shape index (κ3) is 4.11. The molecule has 0 aliphatic heterocycles. The van der Waals surface area contributed by atoms with Gasteiger partial charge in [0.25, 0.3) is 0 Å². The molecule has 4 aromatic rings. The molecule has 0 atom stereocenters. The van der Waals surface area contributed by atoms with Crippen molar-refractivity contribution in [1.82, 2.24) is 15.0 Å². The Morgan fingerprint density at radius 1 is 1.00 bits per heavy atom. The molecule has 0 radical (unpaired) electrons. The van der Waals surface area contributed by atoms with Crippen molar-refractivity contribution < 1.29 is 14.9 Å². The maximum atomic E-state index is 10.5. The van der Waals surface area contributed by atoms with Gasteiger partial charge in [0.05, 0.1) is 19.8 Å². The molecule has 0 unspecified atom stereocenters. The van der Waals surface area contributed by atoms with Gasteiger partial charge >= 0.3 is 0 Å². The minimum Gasteiger partial charge on any atom is -0.506 e. The molecule has 0 aliphatic carbocycles. The Hall–Kier alpha value is -3.28. The average Bonchev–Trinajstić information content (AvgIpc) is 3.16. The van der Waals surface area contributed by atoms with Gasteiger partial charge in [-0.05, 0) is 47.2 Å². The first-order valence-electron chi connectivity index (χ1n) is 9.01. The topological polar surface area (TPSA) is 84.8 Å². The smallest absolute Gasteiger partial charge is 0.189 e. The van der Waals surface area contributed by atoms with Gasteiger partial charge < -0.3 is 14.9 Å². The van der Waals surface area contributed by atoms with Gasteiger partial charge in [0.15, 0.2) is 5.69 Å². The van der Waals surface area contributed by atoms with Crippen LogP contribution in [0.15, 0.2) is 48.5 Å². The van der Waals surface area contributed by atoms with Crippen LogP contribution in [-0.2, 0) is 0 Å². The summed E-state index contributed by atoms with van der Waals surface area (Å²) in [7, 11) is 0. The third-order valence-electron chi connectivity index (χ3n) is 4.35. The van der Waals surface area contributed by atoms with Crippen LogP contribution in [0.4, 0.5) is 5.69 Å². The number of ether oxygens (including phenoxy) is 1. The molecular formula is C21H18N4O3S. The number of aliphatic hydroxyl groups excluding tert-OH is 1. The molecule has 3 aromatic carbocycles. The summed E-state index contributed by atoms with van der Waals surface area (Å²) in [4.78, 5) is 4.79. The van der Waals surface area contributed by atoms with Crippen molar-refractivity contribution in [2.75, 3.05) is 24.7 Å². The summed E-state index contributed by atoms with van der Waals surface area (Å²) in [5, 5.41) is 29.9. The Morgan fingerprint density at radius 2 is 1.86 bits per heavy atom. The molecule has 0 saturated carbocycles. The van der Waals surface area contributed by atoms with Crippen LogP contribution in [0.25, 0.3) is 32.3 Å². The van der Waals surface area contributed by atoms with Crippen molar-refractivity contribution in [2.45, 2.75) is 0 Å². The zero-order valence-corrected chi connectivity index (χ0v) is 16.3. The second-order valence-electron chi connectivity index (χ2n) is 6.31. The monoisotopic (exact) mass is 406 g/mol. The number of aromatic nitrogens is 3. The molecule has 146 valence electrons. The van der Waals surface area contributed by atoms with Gasteiger partial charge in [-0.1, -0.05) is 12.1 Å². The van der Waals surface area contributed by atoms with E-state index in [2.05, 4.69) is 15.0 Å². The lowest BCUT2D eigenvalue weighted by atomic mass is 10.1. The molecule has 4 rings (SSSR count). The zero-order chi connectivity index (χ0) is 20.2. The quantitative estimate of drug-likeness (QED) is 0.357. The Bertz CT molecular complexity index is 1220. The Kier molecular flexibility index (Phi) is 5.51. The van der Waals surface area contributed by atoms with E-state index in [0.717, 1.165) is 22.3 Å². The summed E-state index contributed by atoms with van der Waals surface area (Å²) in [6.07, 6.45) is 0. The summed E-state index contributed by atoms with van der Waals surface area (Å²) in [6, 6.07) is 14.3. The maximum Gasteiger partial charge on any atom is 0.189 e. The van der Waals surface area contributed by atoms with Gasteiger partial charge in [-0.3, -0.25) is 0 Å². The number of hydrogen-bond donors (Lipinski definition) is 2. The molecule has 29 heavy (non-hydrogen) atoms. The van der Waals surface area contributed by atoms with Gasteiger partial charge in [0.2, 0.25) is 0 Å². The number of benzene rings is 3. The highest BCUT2D eigenvalue weighted by molar-refractivity contribution is 7.99. The molecule has 0 bridgehead atoms. The van der Waals surface area contributed by atoms with Crippen LogP contribution in [0.2, 0.25) is 0 Å². The summed E-state index contributed by atoms with van der Waals surface area (Å²) >= 11 is 1.64. The van der Waals surface area contributed by atoms with E-state index in [1.54, 1.807) is 36.0 Å². The van der Waals surface area contributed by atoms with Gasteiger partial charge in [0.1, 0.15) is 28.2 Å². The second kappa shape index (κ2) is 8.39. The average molecular weight is 406 g/mol. The van der Waals surface area contributed by atoms with Crippen molar-refractivity contribution in [2.24, 2.45) is 0 Å². The normalized spacial score (nSPS) is 11.0. The van der Waals surface area contributed by atoms with Gasteiger partial charge in [-0.25, -0.2) is 4.85 Å². The summed E-state index contributed by atoms with van der Waals surface area (Å²) < 4.78 is 5.78. The fourth-order valence-electron chi connectivity index (χ4n) is 2.97. The largest absolute Gasteiger partial charge is 0.506 e. The standard InChI is InChI=1S/C21H18N4O3S/c1-22-16-3-5-18-19(13-16)24-25(23-18)20-11-15-10-17(28-7-9-29-8-6-26)4-2-14(15)12-21(20)27/h2-5,10-13,26-27H,6-9H2. The van der Waals surface area contributed by atoms with Crippen LogP contribution in [-0.4, -0.2) is 49.9 Å². The first-order valence-corrected chi connectivity index (χ1v) is 10.2. The van der Waals surface area contributed by atoms with Crippen LogP contribution in [0.1, 0.15) is 0 Å². The first kappa shape index (κ1) is 19.1. The van der Waals surface area contributed by atoms with Crippen molar-refractivity contribution in [3.05, 3.63) is 59.9 Å². The molecule has 0 fully saturated rings. The number of nitrogens with zero attached hydrogens (tertiary/aromatic N) is 4. The summed E-state index contributed by atoms with van der Waals surface area (Å²) in [5.74, 6) is 2.30. The predicted molar refractivity (Wildman–Crippen MR) is 114 cm³/mol. The molecule has 8 heteroatoms. The minimum atomic E-state index is 0.0669. The van der Waals surface area contributed by atoms with E-state index in [9.17, 15) is 5.11 Å². The van der Waals surface area contributed by atoms with Crippen molar-refractivity contribution in [1.29, 1.82) is 0 Å². The minimum absolute atomic E-state index is 0.0669. The van der Waals surface area contributed by atoms with Gasteiger partial charge in [-0.2, -0.15) is 11.8 Å². The fourth-order valence-corrected chi connectivity index (χ4v) is 3.50. The fraction of sp³-hybridized carbons (Fsp3) is 0.190. The van der Waals surface area contributed by atoms with Crippen LogP contribution in [0, 0.1) is 6.57 Å². The highest BCUT2D eigenvalue weighted by atomic mass is 32.2. The highest BCUT2D eigenvalue weighted by Crippen LogP contribution is 2.30. The molecule has 0 aliphatic rings. The summed E-state index contributed by atoms with van der Waals surface area (Å²) in [6.45, 7) is 7.84. The molecule has 0 saturated heterocycles. The van der Waals surface area contributed by atoms with E-state index in [1.165, 1.54) is 4.80 Å². The molecular weight excluding hydrogens is 388 g/mol. The molecule has 2 N–H and O–H groups in total. The number of rotatable bonds is 7. The van der Waals surface area contributed by atoms with Crippen LogP contribution < -0.4 is 4.74 Å². The lowest BCUT2D eigenvalue weighted by molar-refractivity contribution is 0.321. The number of phenolic OH excluding ortho intramolecular Hbond substituents is 1. The van der Waals surface area contributed by atoms with Crippen LogP contribution >= 0.6 is 11.8 Å². The van der Waals surface area contributed by atoms with E-state index < -0.39 is 0 Å². The maximum absolute atomic E-state index is 10.5. The molecule has 0 spiro atoms. The highest BCUT2D eigenvalue weighted by Gasteiger charge is 2.11. The number of phenols is 1. The lowest BCUT2D eigenvalue weighted by Gasteiger charge is -2.09. The lowest BCUT2D eigenvalue weighted by Crippen LogP contribution is -2.02. The number of thioether (sulfide) groups is 1. The van der Waals surface area contributed by atoms with Crippen LogP contribution in [0.3, 0.4) is 0 Å². The Balaban J connectivity index is 1.64.